The van der Waals surface area contributed by atoms with Crippen molar-refractivity contribution >= 4 is 28.2 Å². The zero-order chi connectivity index (χ0) is 18.6. The van der Waals surface area contributed by atoms with Crippen molar-refractivity contribution in [2.75, 3.05) is 5.32 Å². The SMILES string of the molecule is O=C(Nc1sc2c(c1C(=O)NCc1ccccc1)CCCC2)c1ccoc1. The highest BCUT2D eigenvalue weighted by Crippen LogP contribution is 2.38. The molecule has 138 valence electrons. The van der Waals surface area contributed by atoms with Crippen molar-refractivity contribution in [1.29, 1.82) is 0 Å². The van der Waals surface area contributed by atoms with Crippen LogP contribution in [0.3, 0.4) is 0 Å². The Labute approximate surface area is 161 Å². The van der Waals surface area contributed by atoms with Gasteiger partial charge in [0.2, 0.25) is 0 Å². The van der Waals surface area contributed by atoms with E-state index in [1.54, 1.807) is 6.07 Å². The molecule has 0 unspecified atom stereocenters. The highest BCUT2D eigenvalue weighted by molar-refractivity contribution is 7.17. The maximum Gasteiger partial charge on any atom is 0.259 e. The molecule has 3 aromatic rings. The standard InChI is InChI=1S/C21H20N2O3S/c24-19(15-10-11-26-13-15)23-21-18(16-8-4-5-9-17(16)27-21)20(25)22-12-14-6-2-1-3-7-14/h1-3,6-7,10-11,13H,4-5,8-9,12H2,(H,22,25)(H,23,24). The van der Waals surface area contributed by atoms with Gasteiger partial charge in [0.15, 0.2) is 0 Å². The van der Waals surface area contributed by atoms with Crippen LogP contribution in [0.15, 0.2) is 53.3 Å². The van der Waals surface area contributed by atoms with Crippen LogP contribution in [0, 0.1) is 0 Å². The topological polar surface area (TPSA) is 71.3 Å². The van der Waals surface area contributed by atoms with Gasteiger partial charge in [-0.15, -0.1) is 11.3 Å². The van der Waals surface area contributed by atoms with Gasteiger partial charge in [-0.2, -0.15) is 0 Å². The minimum Gasteiger partial charge on any atom is -0.472 e. The molecule has 0 bridgehead atoms. The van der Waals surface area contributed by atoms with Gasteiger partial charge in [0.05, 0.1) is 17.4 Å². The third-order valence-corrected chi connectivity index (χ3v) is 5.91. The van der Waals surface area contributed by atoms with Gasteiger partial charge in [0.25, 0.3) is 11.8 Å². The number of furan rings is 1. The summed E-state index contributed by atoms with van der Waals surface area (Å²) in [6.45, 7) is 0.458. The fourth-order valence-corrected chi connectivity index (χ4v) is 4.61. The number of hydrogen-bond donors (Lipinski definition) is 2. The van der Waals surface area contributed by atoms with Crippen LogP contribution < -0.4 is 10.6 Å². The molecule has 27 heavy (non-hydrogen) atoms. The summed E-state index contributed by atoms with van der Waals surface area (Å²) in [6.07, 6.45) is 6.88. The second-order valence-electron chi connectivity index (χ2n) is 6.55. The second-order valence-corrected chi connectivity index (χ2v) is 7.65. The number of benzene rings is 1. The van der Waals surface area contributed by atoms with Gasteiger partial charge in [0, 0.05) is 11.4 Å². The molecule has 0 saturated heterocycles. The van der Waals surface area contributed by atoms with Crippen molar-refractivity contribution in [1.82, 2.24) is 5.32 Å². The van der Waals surface area contributed by atoms with E-state index in [9.17, 15) is 9.59 Å². The number of rotatable bonds is 5. The lowest BCUT2D eigenvalue weighted by Crippen LogP contribution is -2.25. The van der Waals surface area contributed by atoms with E-state index in [0.29, 0.717) is 22.7 Å². The van der Waals surface area contributed by atoms with Gasteiger partial charge in [-0.3, -0.25) is 9.59 Å². The summed E-state index contributed by atoms with van der Waals surface area (Å²) in [6, 6.07) is 11.4. The summed E-state index contributed by atoms with van der Waals surface area (Å²) in [7, 11) is 0. The van der Waals surface area contributed by atoms with Gasteiger partial charge in [-0.1, -0.05) is 30.3 Å². The van der Waals surface area contributed by atoms with Crippen molar-refractivity contribution in [2.24, 2.45) is 0 Å². The first-order valence-corrected chi connectivity index (χ1v) is 9.84. The van der Waals surface area contributed by atoms with Crippen LogP contribution in [0.1, 0.15) is 49.6 Å². The molecule has 2 heterocycles. The van der Waals surface area contributed by atoms with E-state index in [-0.39, 0.29) is 11.8 Å². The number of anilines is 1. The highest BCUT2D eigenvalue weighted by atomic mass is 32.1. The second kappa shape index (κ2) is 7.80. The van der Waals surface area contributed by atoms with Crippen LogP contribution >= 0.6 is 11.3 Å². The molecule has 0 atom stereocenters. The Morgan fingerprint density at radius 2 is 1.85 bits per heavy atom. The van der Waals surface area contributed by atoms with Gasteiger partial charge in [-0.25, -0.2) is 0 Å². The van der Waals surface area contributed by atoms with E-state index in [0.717, 1.165) is 36.8 Å². The van der Waals surface area contributed by atoms with Gasteiger partial charge in [-0.05, 0) is 42.9 Å². The summed E-state index contributed by atoms with van der Waals surface area (Å²) in [5.41, 5.74) is 3.18. The zero-order valence-electron chi connectivity index (χ0n) is 14.8. The molecule has 1 aliphatic rings. The Balaban J connectivity index is 1.58. The quantitative estimate of drug-likeness (QED) is 0.689. The maximum absolute atomic E-state index is 13.0. The Morgan fingerprint density at radius 3 is 2.63 bits per heavy atom. The van der Waals surface area contributed by atoms with Crippen LogP contribution in [0.2, 0.25) is 0 Å². The zero-order valence-corrected chi connectivity index (χ0v) is 15.6. The lowest BCUT2D eigenvalue weighted by Gasteiger charge is -2.13. The minimum atomic E-state index is -0.264. The van der Waals surface area contributed by atoms with Crippen LogP contribution in [-0.4, -0.2) is 11.8 Å². The first-order valence-electron chi connectivity index (χ1n) is 9.02. The first-order chi connectivity index (χ1) is 13.2. The molecule has 0 fully saturated rings. The molecule has 2 aromatic heterocycles. The molecular weight excluding hydrogens is 360 g/mol. The molecule has 2 N–H and O–H groups in total. The molecular formula is C21H20N2O3S. The summed E-state index contributed by atoms with van der Waals surface area (Å²) in [5.74, 6) is -0.403. The summed E-state index contributed by atoms with van der Waals surface area (Å²) in [5, 5.41) is 6.53. The molecule has 0 radical (unpaired) electrons. The lowest BCUT2D eigenvalue weighted by atomic mass is 9.95. The molecule has 0 aliphatic heterocycles. The van der Waals surface area contributed by atoms with E-state index in [1.165, 1.54) is 28.7 Å². The number of fused-ring (bicyclic) bond motifs is 1. The molecule has 1 aliphatic carbocycles. The third kappa shape index (κ3) is 3.80. The average Bonchev–Trinajstić information content (AvgIpc) is 3.34. The fraction of sp³-hybridized carbons (Fsp3) is 0.238. The van der Waals surface area contributed by atoms with Crippen LogP contribution in [-0.2, 0) is 19.4 Å². The normalized spacial score (nSPS) is 13.0. The van der Waals surface area contributed by atoms with E-state index in [4.69, 9.17) is 4.42 Å². The molecule has 0 spiro atoms. The van der Waals surface area contributed by atoms with Crippen LogP contribution in [0.5, 0.6) is 0 Å². The van der Waals surface area contributed by atoms with Crippen molar-refractivity contribution in [3.63, 3.8) is 0 Å². The molecule has 0 saturated carbocycles. The molecule has 6 heteroatoms. The number of carbonyl (C=O) groups excluding carboxylic acids is 2. The number of nitrogens with one attached hydrogen (secondary N) is 2. The molecule has 2 amide bonds. The molecule has 1 aromatic carbocycles. The Morgan fingerprint density at radius 1 is 1.04 bits per heavy atom. The maximum atomic E-state index is 13.0. The minimum absolute atomic E-state index is 0.138. The average molecular weight is 380 g/mol. The van der Waals surface area contributed by atoms with Crippen molar-refractivity contribution < 1.29 is 14.0 Å². The Kier molecular flexibility index (Phi) is 5.07. The van der Waals surface area contributed by atoms with Crippen LogP contribution in [0.4, 0.5) is 5.00 Å². The van der Waals surface area contributed by atoms with E-state index >= 15 is 0 Å². The highest BCUT2D eigenvalue weighted by Gasteiger charge is 2.26. The fourth-order valence-electron chi connectivity index (χ4n) is 3.33. The summed E-state index contributed by atoms with van der Waals surface area (Å²) < 4.78 is 4.98. The number of aryl methyl sites for hydroxylation is 1. The third-order valence-electron chi connectivity index (χ3n) is 4.70. The Bertz CT molecular complexity index is 945. The van der Waals surface area contributed by atoms with Crippen molar-refractivity contribution in [3.05, 3.63) is 76.1 Å². The lowest BCUT2D eigenvalue weighted by molar-refractivity contribution is 0.0951. The van der Waals surface area contributed by atoms with Crippen LogP contribution in [0.25, 0.3) is 0 Å². The predicted molar refractivity (Wildman–Crippen MR) is 105 cm³/mol. The Hall–Kier alpha value is -2.86. The number of hydrogen-bond acceptors (Lipinski definition) is 4. The number of thiophene rings is 1. The number of carbonyl (C=O) groups is 2. The largest absolute Gasteiger partial charge is 0.472 e. The summed E-state index contributed by atoms with van der Waals surface area (Å²) in [4.78, 5) is 26.6. The smallest absolute Gasteiger partial charge is 0.259 e. The summed E-state index contributed by atoms with van der Waals surface area (Å²) >= 11 is 1.51. The van der Waals surface area contributed by atoms with Crippen molar-refractivity contribution in [2.45, 2.75) is 32.2 Å². The molecule has 5 nitrogen and oxygen atoms in total. The van der Waals surface area contributed by atoms with E-state index in [2.05, 4.69) is 10.6 Å². The van der Waals surface area contributed by atoms with Crippen molar-refractivity contribution in [3.8, 4) is 0 Å². The first kappa shape index (κ1) is 17.5. The van der Waals surface area contributed by atoms with Gasteiger partial charge in [0.1, 0.15) is 11.3 Å². The van der Waals surface area contributed by atoms with E-state index < -0.39 is 0 Å². The predicted octanol–water partition coefficient (Wildman–Crippen LogP) is 4.40. The molecule has 4 rings (SSSR count). The van der Waals surface area contributed by atoms with Gasteiger partial charge >= 0.3 is 0 Å². The van der Waals surface area contributed by atoms with Gasteiger partial charge < -0.3 is 15.1 Å². The monoisotopic (exact) mass is 380 g/mol. The number of amides is 2. The van der Waals surface area contributed by atoms with E-state index in [1.807, 2.05) is 30.3 Å².